The number of unbranched alkanes of at least 4 members (excludes halogenated alkanes) is 1. The molecule has 0 atom stereocenters. The average Bonchev–Trinajstić information content (AvgIpc) is 2.31. The predicted octanol–water partition coefficient (Wildman–Crippen LogP) is 3.92. The van der Waals surface area contributed by atoms with Crippen molar-refractivity contribution in [3.05, 3.63) is 39.9 Å². The van der Waals surface area contributed by atoms with Gasteiger partial charge in [-0.1, -0.05) is 48.7 Å². The van der Waals surface area contributed by atoms with Crippen LogP contribution >= 0.6 is 23.2 Å². The van der Waals surface area contributed by atoms with Crippen molar-refractivity contribution >= 4 is 35.2 Å². The van der Waals surface area contributed by atoms with E-state index in [1.54, 1.807) is 18.2 Å². The Bertz CT molecular complexity index is 416. The minimum atomic E-state index is -0.116. The fourth-order valence-electron chi connectivity index (χ4n) is 1.26. The fraction of sp³-hybridized carbons (Fsp3) is 0.308. The molecular formula is C13H15Cl2NO. The maximum Gasteiger partial charge on any atom is 0.243 e. The third kappa shape index (κ3) is 4.80. The van der Waals surface area contributed by atoms with E-state index < -0.39 is 0 Å². The highest BCUT2D eigenvalue weighted by Gasteiger charge is 2.01. The van der Waals surface area contributed by atoms with Crippen molar-refractivity contribution in [3.63, 3.8) is 0 Å². The normalized spacial score (nSPS) is 10.8. The highest BCUT2D eigenvalue weighted by molar-refractivity contribution is 6.42. The molecule has 4 heteroatoms. The van der Waals surface area contributed by atoms with E-state index in [0.717, 1.165) is 18.4 Å². The Labute approximate surface area is 112 Å². The summed E-state index contributed by atoms with van der Waals surface area (Å²) in [4.78, 5) is 11.4. The molecule has 0 unspecified atom stereocenters. The molecule has 0 aromatic heterocycles. The first-order valence-electron chi connectivity index (χ1n) is 5.55. The first kappa shape index (κ1) is 14.1. The zero-order valence-corrected chi connectivity index (χ0v) is 11.2. The number of hydrogen-bond donors (Lipinski definition) is 1. The van der Waals surface area contributed by atoms with Crippen LogP contribution < -0.4 is 5.32 Å². The molecule has 1 rings (SSSR count). The Morgan fingerprint density at radius 2 is 2.18 bits per heavy atom. The van der Waals surface area contributed by atoms with Crippen molar-refractivity contribution in [2.45, 2.75) is 19.8 Å². The van der Waals surface area contributed by atoms with Gasteiger partial charge in [0.25, 0.3) is 0 Å². The number of hydrogen-bond acceptors (Lipinski definition) is 1. The predicted molar refractivity (Wildman–Crippen MR) is 73.4 cm³/mol. The average molecular weight is 272 g/mol. The smallest absolute Gasteiger partial charge is 0.243 e. The lowest BCUT2D eigenvalue weighted by Crippen LogP contribution is -2.21. The monoisotopic (exact) mass is 271 g/mol. The quantitative estimate of drug-likeness (QED) is 0.638. The van der Waals surface area contributed by atoms with E-state index >= 15 is 0 Å². The van der Waals surface area contributed by atoms with Crippen LogP contribution in [0.25, 0.3) is 6.08 Å². The Morgan fingerprint density at radius 1 is 1.41 bits per heavy atom. The van der Waals surface area contributed by atoms with Crippen LogP contribution in [0.1, 0.15) is 25.3 Å². The molecule has 0 radical (unpaired) electrons. The summed E-state index contributed by atoms with van der Waals surface area (Å²) in [7, 11) is 0. The standard InChI is InChI=1S/C13H15Cl2NO/c1-2-3-9-16-12(17)8-7-10-5-4-6-11(14)13(10)15/h4-8H,2-3,9H2,1H3,(H,16,17)/b8-7+. The third-order valence-corrected chi connectivity index (χ3v) is 3.06. The van der Waals surface area contributed by atoms with Crippen molar-refractivity contribution in [2.24, 2.45) is 0 Å². The van der Waals surface area contributed by atoms with Crippen LogP contribution in [-0.2, 0) is 4.79 Å². The van der Waals surface area contributed by atoms with Crippen LogP contribution in [0, 0.1) is 0 Å². The molecule has 0 fully saturated rings. The van der Waals surface area contributed by atoms with Gasteiger partial charge >= 0.3 is 0 Å². The SMILES string of the molecule is CCCCNC(=O)/C=C/c1cccc(Cl)c1Cl. The maximum atomic E-state index is 11.4. The molecule has 0 aliphatic rings. The van der Waals surface area contributed by atoms with Crippen LogP contribution in [0.3, 0.4) is 0 Å². The topological polar surface area (TPSA) is 29.1 Å². The molecular weight excluding hydrogens is 257 g/mol. The van der Waals surface area contributed by atoms with Gasteiger partial charge in [-0.15, -0.1) is 0 Å². The van der Waals surface area contributed by atoms with Crippen molar-refractivity contribution in [3.8, 4) is 0 Å². The summed E-state index contributed by atoms with van der Waals surface area (Å²) in [5.74, 6) is -0.116. The molecule has 2 nitrogen and oxygen atoms in total. The minimum absolute atomic E-state index is 0.116. The first-order valence-corrected chi connectivity index (χ1v) is 6.30. The van der Waals surface area contributed by atoms with Crippen molar-refractivity contribution < 1.29 is 4.79 Å². The van der Waals surface area contributed by atoms with E-state index in [1.807, 2.05) is 6.07 Å². The Kier molecular flexibility index (Phi) is 6.09. The molecule has 0 heterocycles. The van der Waals surface area contributed by atoms with E-state index in [4.69, 9.17) is 23.2 Å². The zero-order valence-electron chi connectivity index (χ0n) is 9.67. The highest BCUT2D eigenvalue weighted by atomic mass is 35.5. The fourth-order valence-corrected chi connectivity index (χ4v) is 1.63. The molecule has 1 aromatic carbocycles. The van der Waals surface area contributed by atoms with E-state index in [0.29, 0.717) is 16.6 Å². The molecule has 1 amide bonds. The lowest BCUT2D eigenvalue weighted by atomic mass is 10.2. The van der Waals surface area contributed by atoms with Gasteiger partial charge in [-0.3, -0.25) is 4.79 Å². The second-order valence-electron chi connectivity index (χ2n) is 3.62. The number of amides is 1. The number of benzene rings is 1. The van der Waals surface area contributed by atoms with E-state index in [2.05, 4.69) is 12.2 Å². The molecule has 1 N–H and O–H groups in total. The molecule has 1 aromatic rings. The van der Waals surface area contributed by atoms with E-state index in [1.165, 1.54) is 6.08 Å². The van der Waals surface area contributed by atoms with Crippen molar-refractivity contribution in [2.75, 3.05) is 6.54 Å². The van der Waals surface area contributed by atoms with Crippen LogP contribution in [0.15, 0.2) is 24.3 Å². The molecule has 0 aliphatic heterocycles. The lowest BCUT2D eigenvalue weighted by molar-refractivity contribution is -0.116. The van der Waals surface area contributed by atoms with Gasteiger partial charge < -0.3 is 5.32 Å². The molecule has 0 bridgehead atoms. The summed E-state index contributed by atoms with van der Waals surface area (Å²) in [6.07, 6.45) is 5.17. The van der Waals surface area contributed by atoms with Gasteiger partial charge in [0.2, 0.25) is 5.91 Å². The number of nitrogens with one attached hydrogen (secondary N) is 1. The van der Waals surface area contributed by atoms with E-state index in [9.17, 15) is 4.79 Å². The summed E-state index contributed by atoms with van der Waals surface area (Å²) < 4.78 is 0. The molecule has 0 saturated carbocycles. The lowest BCUT2D eigenvalue weighted by Gasteiger charge is -2.01. The largest absolute Gasteiger partial charge is 0.353 e. The van der Waals surface area contributed by atoms with Gasteiger partial charge in [-0.25, -0.2) is 0 Å². The van der Waals surface area contributed by atoms with Gasteiger partial charge in [-0.2, -0.15) is 0 Å². The third-order valence-electron chi connectivity index (χ3n) is 2.23. The number of halogens is 2. The maximum absolute atomic E-state index is 11.4. The van der Waals surface area contributed by atoms with Gasteiger partial charge in [0.15, 0.2) is 0 Å². The van der Waals surface area contributed by atoms with Crippen LogP contribution in [-0.4, -0.2) is 12.5 Å². The summed E-state index contributed by atoms with van der Waals surface area (Å²) in [5, 5.41) is 3.74. The summed E-state index contributed by atoms with van der Waals surface area (Å²) in [6.45, 7) is 2.77. The molecule has 17 heavy (non-hydrogen) atoms. The Balaban J connectivity index is 2.58. The van der Waals surface area contributed by atoms with Crippen LogP contribution in [0.5, 0.6) is 0 Å². The van der Waals surface area contributed by atoms with E-state index in [-0.39, 0.29) is 5.91 Å². The van der Waals surface area contributed by atoms with Crippen LogP contribution in [0.4, 0.5) is 0 Å². The zero-order chi connectivity index (χ0) is 12.7. The van der Waals surface area contributed by atoms with Crippen LogP contribution in [0.2, 0.25) is 10.0 Å². The van der Waals surface area contributed by atoms with Gasteiger partial charge in [-0.05, 0) is 24.1 Å². The second-order valence-corrected chi connectivity index (χ2v) is 4.41. The summed E-state index contributed by atoms with van der Waals surface area (Å²) in [6, 6.07) is 5.31. The van der Waals surface area contributed by atoms with Gasteiger partial charge in [0.05, 0.1) is 10.0 Å². The number of carbonyl (C=O) groups is 1. The molecule has 0 saturated heterocycles. The Morgan fingerprint density at radius 3 is 2.88 bits per heavy atom. The number of rotatable bonds is 5. The molecule has 92 valence electrons. The summed E-state index contributed by atoms with van der Waals surface area (Å²) in [5.41, 5.74) is 0.741. The minimum Gasteiger partial charge on any atom is -0.353 e. The number of carbonyl (C=O) groups excluding carboxylic acids is 1. The molecule has 0 aliphatic carbocycles. The highest BCUT2D eigenvalue weighted by Crippen LogP contribution is 2.26. The van der Waals surface area contributed by atoms with Gasteiger partial charge in [0, 0.05) is 12.6 Å². The van der Waals surface area contributed by atoms with Crippen molar-refractivity contribution in [1.82, 2.24) is 5.32 Å². The summed E-state index contributed by atoms with van der Waals surface area (Å²) >= 11 is 11.9. The van der Waals surface area contributed by atoms with Gasteiger partial charge in [0.1, 0.15) is 0 Å². The first-order chi connectivity index (χ1) is 8.15. The molecule has 0 spiro atoms. The Hall–Kier alpha value is -0.990. The van der Waals surface area contributed by atoms with Crippen molar-refractivity contribution in [1.29, 1.82) is 0 Å². The second kappa shape index (κ2) is 7.36.